The summed E-state index contributed by atoms with van der Waals surface area (Å²) in [7, 11) is 0. The van der Waals surface area contributed by atoms with E-state index in [2.05, 4.69) is 4.98 Å². The maximum absolute atomic E-state index is 12.4. The van der Waals surface area contributed by atoms with Crippen molar-refractivity contribution < 1.29 is 4.79 Å². The Kier molecular flexibility index (Phi) is 3.91. The molecule has 1 aliphatic heterocycles. The molecule has 18 heavy (non-hydrogen) atoms. The molecular weight excluding hydrogens is 246 g/mol. The molecule has 2 rings (SSSR count). The van der Waals surface area contributed by atoms with Gasteiger partial charge >= 0.3 is 0 Å². The number of aryl methyl sites for hydroxylation is 1. The standard InChI is InChI=1S/C13H17N3OS/c1-9-7-15-5-4-11(9)13(17)16-6-2-3-10(8-16)12(14)18/h4-5,7,10H,2-3,6,8H2,1H3,(H2,14,18). The summed E-state index contributed by atoms with van der Waals surface area (Å²) in [6.45, 7) is 3.31. The molecule has 96 valence electrons. The molecule has 4 nitrogen and oxygen atoms in total. The first-order valence-electron chi connectivity index (χ1n) is 6.09. The van der Waals surface area contributed by atoms with Crippen LogP contribution in [-0.4, -0.2) is 33.9 Å². The monoisotopic (exact) mass is 263 g/mol. The highest BCUT2D eigenvalue weighted by molar-refractivity contribution is 7.80. The molecule has 1 saturated heterocycles. The molecule has 1 amide bonds. The summed E-state index contributed by atoms with van der Waals surface area (Å²) in [5.74, 6) is 0.204. The molecule has 1 aromatic heterocycles. The van der Waals surface area contributed by atoms with Gasteiger partial charge < -0.3 is 10.6 Å². The molecule has 0 saturated carbocycles. The molecule has 0 radical (unpaired) electrons. The maximum Gasteiger partial charge on any atom is 0.254 e. The van der Waals surface area contributed by atoms with Crippen LogP contribution in [0.1, 0.15) is 28.8 Å². The predicted molar refractivity (Wildman–Crippen MR) is 74.4 cm³/mol. The van der Waals surface area contributed by atoms with E-state index in [9.17, 15) is 4.79 Å². The van der Waals surface area contributed by atoms with Crippen molar-refractivity contribution >= 4 is 23.1 Å². The molecule has 1 atom stereocenters. The highest BCUT2D eigenvalue weighted by Crippen LogP contribution is 2.19. The van der Waals surface area contributed by atoms with Crippen molar-refractivity contribution in [2.75, 3.05) is 13.1 Å². The Morgan fingerprint density at radius 2 is 2.39 bits per heavy atom. The average Bonchev–Trinajstić information content (AvgIpc) is 2.38. The Morgan fingerprint density at radius 1 is 1.61 bits per heavy atom. The molecular formula is C13H17N3OS. The summed E-state index contributed by atoms with van der Waals surface area (Å²) in [5.41, 5.74) is 7.30. The van der Waals surface area contributed by atoms with Crippen LogP contribution in [0.15, 0.2) is 18.5 Å². The van der Waals surface area contributed by atoms with Crippen molar-refractivity contribution in [1.29, 1.82) is 0 Å². The summed E-state index contributed by atoms with van der Waals surface area (Å²) in [4.78, 5) is 18.8. The van der Waals surface area contributed by atoms with Crippen LogP contribution in [-0.2, 0) is 0 Å². The molecule has 2 N–H and O–H groups in total. The molecule has 1 aliphatic rings. The van der Waals surface area contributed by atoms with E-state index < -0.39 is 0 Å². The van der Waals surface area contributed by atoms with Crippen molar-refractivity contribution in [2.24, 2.45) is 11.7 Å². The highest BCUT2D eigenvalue weighted by atomic mass is 32.1. The summed E-state index contributed by atoms with van der Waals surface area (Å²) < 4.78 is 0. The van der Waals surface area contributed by atoms with Crippen molar-refractivity contribution in [3.05, 3.63) is 29.6 Å². The second kappa shape index (κ2) is 5.44. The van der Waals surface area contributed by atoms with Gasteiger partial charge in [-0.2, -0.15) is 0 Å². The third kappa shape index (κ3) is 2.67. The summed E-state index contributed by atoms with van der Waals surface area (Å²) in [5, 5.41) is 0. The van der Waals surface area contributed by atoms with Crippen LogP contribution in [0.25, 0.3) is 0 Å². The number of thiocarbonyl (C=S) groups is 1. The van der Waals surface area contributed by atoms with Crippen LogP contribution in [0.5, 0.6) is 0 Å². The Balaban J connectivity index is 2.14. The van der Waals surface area contributed by atoms with Crippen molar-refractivity contribution in [3.8, 4) is 0 Å². The van der Waals surface area contributed by atoms with E-state index in [4.69, 9.17) is 18.0 Å². The van der Waals surface area contributed by atoms with Crippen LogP contribution >= 0.6 is 12.2 Å². The number of amides is 1. The number of carbonyl (C=O) groups excluding carboxylic acids is 1. The zero-order valence-electron chi connectivity index (χ0n) is 10.4. The van der Waals surface area contributed by atoms with E-state index in [0.717, 1.165) is 24.9 Å². The Labute approximate surface area is 112 Å². The topological polar surface area (TPSA) is 59.2 Å². The second-order valence-electron chi connectivity index (χ2n) is 4.68. The lowest BCUT2D eigenvalue weighted by atomic mass is 9.97. The lowest BCUT2D eigenvalue weighted by molar-refractivity contribution is 0.0702. The molecule has 0 bridgehead atoms. The maximum atomic E-state index is 12.4. The van der Waals surface area contributed by atoms with Crippen LogP contribution < -0.4 is 5.73 Å². The number of rotatable bonds is 2. The van der Waals surface area contributed by atoms with E-state index >= 15 is 0 Å². The van der Waals surface area contributed by atoms with Crippen LogP contribution in [0.2, 0.25) is 0 Å². The van der Waals surface area contributed by atoms with Gasteiger partial charge in [0.1, 0.15) is 0 Å². The third-order valence-electron chi connectivity index (χ3n) is 3.36. The zero-order chi connectivity index (χ0) is 13.1. The minimum atomic E-state index is 0.0517. The summed E-state index contributed by atoms with van der Waals surface area (Å²) in [6.07, 6.45) is 5.30. The Morgan fingerprint density at radius 3 is 3.06 bits per heavy atom. The van der Waals surface area contributed by atoms with Crippen molar-refractivity contribution in [2.45, 2.75) is 19.8 Å². The normalized spacial score (nSPS) is 19.6. The molecule has 0 aromatic carbocycles. The Bertz CT molecular complexity index is 475. The molecule has 0 aliphatic carbocycles. The van der Waals surface area contributed by atoms with E-state index in [1.165, 1.54) is 0 Å². The fraction of sp³-hybridized carbons (Fsp3) is 0.462. The predicted octanol–water partition coefficient (Wildman–Crippen LogP) is 1.53. The largest absolute Gasteiger partial charge is 0.393 e. The molecule has 5 heteroatoms. The lowest BCUT2D eigenvalue weighted by Gasteiger charge is -2.32. The minimum Gasteiger partial charge on any atom is -0.393 e. The SMILES string of the molecule is Cc1cnccc1C(=O)N1CCCC(C(N)=S)C1. The van der Waals surface area contributed by atoms with Crippen molar-refractivity contribution in [1.82, 2.24) is 9.88 Å². The highest BCUT2D eigenvalue weighted by Gasteiger charge is 2.26. The van der Waals surface area contributed by atoms with Gasteiger partial charge in [0, 0.05) is 37.0 Å². The van der Waals surface area contributed by atoms with Crippen molar-refractivity contribution in [3.63, 3.8) is 0 Å². The van der Waals surface area contributed by atoms with Gasteiger partial charge in [-0.1, -0.05) is 12.2 Å². The number of aromatic nitrogens is 1. The molecule has 2 heterocycles. The van der Waals surface area contributed by atoms with Gasteiger partial charge in [-0.05, 0) is 31.4 Å². The number of hydrogen-bond donors (Lipinski definition) is 1. The van der Waals surface area contributed by atoms with Crippen LogP contribution in [0.3, 0.4) is 0 Å². The number of pyridine rings is 1. The molecule has 1 unspecified atom stereocenters. The fourth-order valence-corrected chi connectivity index (χ4v) is 2.47. The third-order valence-corrected chi connectivity index (χ3v) is 3.70. The van der Waals surface area contributed by atoms with Gasteiger partial charge in [0.25, 0.3) is 5.91 Å². The molecule has 1 fully saturated rings. The second-order valence-corrected chi connectivity index (χ2v) is 5.15. The first kappa shape index (κ1) is 13.0. The number of nitrogens with zero attached hydrogens (tertiary/aromatic N) is 2. The minimum absolute atomic E-state index is 0.0517. The Hall–Kier alpha value is -1.49. The average molecular weight is 263 g/mol. The van der Waals surface area contributed by atoms with E-state index in [1.807, 2.05) is 11.8 Å². The van der Waals surface area contributed by atoms with E-state index in [-0.39, 0.29) is 11.8 Å². The van der Waals surface area contributed by atoms with Gasteiger partial charge in [-0.15, -0.1) is 0 Å². The van der Waals surface area contributed by atoms with Gasteiger partial charge in [0.15, 0.2) is 0 Å². The van der Waals surface area contributed by atoms with Crippen LogP contribution in [0.4, 0.5) is 0 Å². The molecule has 0 spiro atoms. The number of hydrogen-bond acceptors (Lipinski definition) is 3. The zero-order valence-corrected chi connectivity index (χ0v) is 11.2. The lowest BCUT2D eigenvalue weighted by Crippen LogP contribution is -2.43. The van der Waals surface area contributed by atoms with Gasteiger partial charge in [0.2, 0.25) is 0 Å². The number of piperidine rings is 1. The first-order valence-corrected chi connectivity index (χ1v) is 6.49. The summed E-state index contributed by atoms with van der Waals surface area (Å²) in [6, 6.07) is 1.77. The number of carbonyl (C=O) groups is 1. The summed E-state index contributed by atoms with van der Waals surface area (Å²) >= 11 is 5.03. The van der Waals surface area contributed by atoms with Gasteiger partial charge in [0.05, 0.1) is 4.99 Å². The van der Waals surface area contributed by atoms with Gasteiger partial charge in [-0.25, -0.2) is 0 Å². The smallest absolute Gasteiger partial charge is 0.254 e. The number of likely N-dealkylation sites (tertiary alicyclic amines) is 1. The fourth-order valence-electron chi connectivity index (χ4n) is 2.28. The number of nitrogens with two attached hydrogens (primary N) is 1. The quantitative estimate of drug-likeness (QED) is 0.822. The van der Waals surface area contributed by atoms with Crippen LogP contribution in [0, 0.1) is 12.8 Å². The van der Waals surface area contributed by atoms with E-state index in [1.54, 1.807) is 18.5 Å². The van der Waals surface area contributed by atoms with E-state index in [0.29, 0.717) is 17.1 Å². The van der Waals surface area contributed by atoms with Gasteiger partial charge in [-0.3, -0.25) is 9.78 Å². The molecule has 1 aromatic rings. The first-order chi connectivity index (χ1) is 8.59.